The number of aryl methyl sites for hydroxylation is 1. The number of hydrogen-bond acceptors (Lipinski definition) is 7. The molecule has 0 aliphatic heterocycles. The van der Waals surface area contributed by atoms with E-state index in [4.69, 9.17) is 17.3 Å². The van der Waals surface area contributed by atoms with E-state index >= 15 is 0 Å². The molecule has 0 radical (unpaired) electrons. The van der Waals surface area contributed by atoms with Crippen LogP contribution in [0.4, 0.5) is 16.8 Å². The fourth-order valence-electron chi connectivity index (χ4n) is 1.78. The van der Waals surface area contributed by atoms with Crippen molar-refractivity contribution in [1.82, 2.24) is 19.9 Å². The summed E-state index contributed by atoms with van der Waals surface area (Å²) in [6, 6.07) is 5.33. The lowest BCUT2D eigenvalue weighted by molar-refractivity contribution is 1.16. The largest absolute Gasteiger partial charge is 0.375 e. The predicted molar refractivity (Wildman–Crippen MR) is 84.8 cm³/mol. The van der Waals surface area contributed by atoms with E-state index in [0.717, 1.165) is 22.0 Å². The van der Waals surface area contributed by atoms with Gasteiger partial charge in [-0.25, -0.2) is 19.9 Å². The lowest BCUT2D eigenvalue weighted by Gasteiger charge is -2.05. The van der Waals surface area contributed by atoms with Gasteiger partial charge in [-0.1, -0.05) is 22.9 Å². The number of hydrogen-bond donors (Lipinski definition) is 2. The van der Waals surface area contributed by atoms with Crippen LogP contribution in [0.25, 0.3) is 10.6 Å². The highest BCUT2D eigenvalue weighted by Crippen LogP contribution is 2.30. The Kier molecular flexibility index (Phi) is 3.68. The minimum atomic E-state index is 0.436. The fraction of sp³-hybridized carbons (Fsp3) is 0.0769. The van der Waals surface area contributed by atoms with Gasteiger partial charge in [-0.15, -0.1) is 0 Å². The highest BCUT2D eigenvalue weighted by molar-refractivity contribution is 7.18. The second-order valence-electron chi connectivity index (χ2n) is 4.23. The Morgan fingerprint density at radius 1 is 1.19 bits per heavy atom. The summed E-state index contributed by atoms with van der Waals surface area (Å²) in [4.78, 5) is 17.8. The normalized spacial score (nSPS) is 10.6. The Hall–Kier alpha value is -2.25. The summed E-state index contributed by atoms with van der Waals surface area (Å²) >= 11 is 7.16. The Balaban J connectivity index is 1.89. The van der Waals surface area contributed by atoms with Gasteiger partial charge in [0.25, 0.3) is 0 Å². The van der Waals surface area contributed by atoms with Crippen LogP contribution in [0.3, 0.4) is 0 Å². The van der Waals surface area contributed by atoms with Crippen molar-refractivity contribution in [3.8, 4) is 10.6 Å². The van der Waals surface area contributed by atoms with Gasteiger partial charge in [0, 0.05) is 6.20 Å². The molecule has 3 aromatic rings. The molecule has 0 saturated heterocycles. The SMILES string of the molecule is Cc1nc(N)sc1-c1ccnc(Nc2ccc(Cl)nc2)n1. The Labute approximate surface area is 130 Å². The van der Waals surface area contributed by atoms with Gasteiger partial charge >= 0.3 is 0 Å². The zero-order valence-electron chi connectivity index (χ0n) is 11.0. The number of nitrogens with two attached hydrogens (primary N) is 1. The Morgan fingerprint density at radius 3 is 2.71 bits per heavy atom. The molecule has 0 aromatic carbocycles. The zero-order valence-corrected chi connectivity index (χ0v) is 12.6. The maximum Gasteiger partial charge on any atom is 0.227 e. The molecule has 0 atom stereocenters. The number of rotatable bonds is 3. The number of nitrogens with one attached hydrogen (secondary N) is 1. The smallest absolute Gasteiger partial charge is 0.227 e. The van der Waals surface area contributed by atoms with Crippen LogP contribution in [0.2, 0.25) is 5.15 Å². The molecule has 3 rings (SSSR count). The van der Waals surface area contributed by atoms with Crippen LogP contribution in [0.5, 0.6) is 0 Å². The Morgan fingerprint density at radius 2 is 2.05 bits per heavy atom. The third-order valence-electron chi connectivity index (χ3n) is 2.68. The second-order valence-corrected chi connectivity index (χ2v) is 5.64. The summed E-state index contributed by atoms with van der Waals surface area (Å²) in [5.74, 6) is 0.475. The van der Waals surface area contributed by atoms with Crippen molar-refractivity contribution in [1.29, 1.82) is 0 Å². The van der Waals surface area contributed by atoms with Gasteiger partial charge in [-0.2, -0.15) is 0 Å². The van der Waals surface area contributed by atoms with Crippen molar-refractivity contribution in [2.45, 2.75) is 6.92 Å². The molecule has 3 heterocycles. The summed E-state index contributed by atoms with van der Waals surface area (Å²) in [5, 5.41) is 4.04. The molecule has 106 valence electrons. The number of aromatic nitrogens is 4. The van der Waals surface area contributed by atoms with E-state index in [1.54, 1.807) is 24.5 Å². The van der Waals surface area contributed by atoms with Crippen molar-refractivity contribution in [2.24, 2.45) is 0 Å². The van der Waals surface area contributed by atoms with Crippen LogP contribution >= 0.6 is 22.9 Å². The van der Waals surface area contributed by atoms with Crippen LogP contribution in [-0.2, 0) is 0 Å². The number of thiazole rings is 1. The number of nitrogen functional groups attached to an aromatic ring is 1. The van der Waals surface area contributed by atoms with E-state index in [9.17, 15) is 0 Å². The fourth-order valence-corrected chi connectivity index (χ4v) is 2.69. The average molecular weight is 319 g/mol. The quantitative estimate of drug-likeness (QED) is 0.720. The van der Waals surface area contributed by atoms with Gasteiger partial charge in [0.15, 0.2) is 5.13 Å². The molecular weight excluding hydrogens is 308 g/mol. The van der Waals surface area contributed by atoms with E-state index in [-0.39, 0.29) is 0 Å². The monoisotopic (exact) mass is 318 g/mol. The molecule has 0 fully saturated rings. The van der Waals surface area contributed by atoms with Crippen molar-refractivity contribution in [3.63, 3.8) is 0 Å². The third kappa shape index (κ3) is 3.09. The standard InChI is InChI=1S/C13H11ClN6S/c1-7-11(21-12(15)18-7)9-4-5-16-13(20-9)19-8-2-3-10(14)17-6-8/h2-6H,1H3,(H2,15,18)(H,16,19,20). The van der Waals surface area contributed by atoms with Crippen molar-refractivity contribution < 1.29 is 0 Å². The molecule has 3 N–H and O–H groups in total. The predicted octanol–water partition coefficient (Wildman–Crippen LogP) is 3.28. The average Bonchev–Trinajstić information content (AvgIpc) is 2.81. The van der Waals surface area contributed by atoms with E-state index in [1.807, 2.05) is 13.0 Å². The van der Waals surface area contributed by atoms with Gasteiger partial charge in [-0.05, 0) is 25.1 Å². The number of nitrogens with zero attached hydrogens (tertiary/aromatic N) is 4. The number of halogens is 1. The first-order chi connectivity index (χ1) is 10.1. The molecular formula is C13H11ClN6S. The van der Waals surface area contributed by atoms with Crippen molar-refractivity contribution in [2.75, 3.05) is 11.1 Å². The molecule has 0 aliphatic rings. The van der Waals surface area contributed by atoms with Crippen molar-refractivity contribution in [3.05, 3.63) is 41.4 Å². The van der Waals surface area contributed by atoms with Crippen LogP contribution in [0.15, 0.2) is 30.6 Å². The molecule has 6 nitrogen and oxygen atoms in total. The molecule has 8 heteroatoms. The first kappa shape index (κ1) is 13.7. The van der Waals surface area contributed by atoms with Crippen LogP contribution in [-0.4, -0.2) is 19.9 Å². The number of pyridine rings is 1. The molecule has 0 unspecified atom stereocenters. The molecule has 21 heavy (non-hydrogen) atoms. The summed E-state index contributed by atoms with van der Waals surface area (Å²) in [7, 11) is 0. The van der Waals surface area contributed by atoms with E-state index in [0.29, 0.717) is 16.2 Å². The highest BCUT2D eigenvalue weighted by Gasteiger charge is 2.10. The van der Waals surface area contributed by atoms with Crippen molar-refractivity contribution >= 4 is 39.7 Å². The lowest BCUT2D eigenvalue weighted by atomic mass is 10.3. The van der Waals surface area contributed by atoms with E-state index in [1.165, 1.54) is 11.3 Å². The molecule has 0 spiro atoms. The minimum Gasteiger partial charge on any atom is -0.375 e. The summed E-state index contributed by atoms with van der Waals surface area (Å²) in [5.41, 5.74) is 8.12. The van der Waals surface area contributed by atoms with Gasteiger partial charge in [0.05, 0.1) is 28.1 Å². The van der Waals surface area contributed by atoms with Crippen LogP contribution in [0, 0.1) is 6.92 Å². The maximum absolute atomic E-state index is 5.75. The van der Waals surface area contributed by atoms with Gasteiger partial charge < -0.3 is 11.1 Å². The number of anilines is 3. The van der Waals surface area contributed by atoms with Gasteiger partial charge in [-0.3, -0.25) is 0 Å². The topological polar surface area (TPSA) is 89.6 Å². The van der Waals surface area contributed by atoms with E-state index in [2.05, 4.69) is 25.3 Å². The molecule has 0 aliphatic carbocycles. The summed E-state index contributed by atoms with van der Waals surface area (Å²) in [6.45, 7) is 1.90. The first-order valence-corrected chi connectivity index (χ1v) is 7.26. The molecule has 3 aromatic heterocycles. The zero-order chi connectivity index (χ0) is 14.8. The lowest BCUT2D eigenvalue weighted by Crippen LogP contribution is -1.98. The highest BCUT2D eigenvalue weighted by atomic mass is 35.5. The van der Waals surface area contributed by atoms with E-state index < -0.39 is 0 Å². The third-order valence-corrected chi connectivity index (χ3v) is 3.92. The summed E-state index contributed by atoms with van der Waals surface area (Å²) < 4.78 is 0. The second kappa shape index (κ2) is 5.63. The minimum absolute atomic E-state index is 0.436. The maximum atomic E-state index is 5.75. The molecule has 0 saturated carbocycles. The first-order valence-electron chi connectivity index (χ1n) is 6.07. The van der Waals surface area contributed by atoms with Crippen LogP contribution < -0.4 is 11.1 Å². The molecule has 0 bridgehead atoms. The van der Waals surface area contributed by atoms with Gasteiger partial charge in [0.2, 0.25) is 5.95 Å². The Bertz CT molecular complexity index is 771. The summed E-state index contributed by atoms with van der Waals surface area (Å²) in [6.07, 6.45) is 3.30. The van der Waals surface area contributed by atoms with Crippen LogP contribution in [0.1, 0.15) is 5.69 Å². The molecule has 0 amide bonds. The van der Waals surface area contributed by atoms with Gasteiger partial charge in [0.1, 0.15) is 5.15 Å².